The number of thiol groups is 1. The number of hydrogen-bond donors (Lipinski definition) is 1. The molecular weight excluding hydrogens is 210 g/mol. The molecule has 0 aliphatic carbocycles. The van der Waals surface area contributed by atoms with Gasteiger partial charge in [-0.2, -0.15) is 5.26 Å². The maximum Gasteiger partial charge on any atom is 0.0670 e. The highest BCUT2D eigenvalue weighted by molar-refractivity contribution is 7.80. The van der Waals surface area contributed by atoms with Crippen molar-refractivity contribution in [3.05, 3.63) is 28.6 Å². The van der Waals surface area contributed by atoms with E-state index in [1.165, 1.54) is 15.6 Å². The Balaban J connectivity index is 2.81. The Morgan fingerprint density at radius 3 is 3.00 bits per heavy atom. The third-order valence-electron chi connectivity index (χ3n) is 2.26. The predicted octanol–water partition coefficient (Wildman–Crippen LogP) is 3.56. The minimum Gasteiger partial charge on any atom is -0.198 e. The second-order valence-corrected chi connectivity index (χ2v) is 4.58. The third kappa shape index (κ3) is 1.41. The van der Waals surface area contributed by atoms with Gasteiger partial charge in [-0.25, -0.2) is 0 Å². The van der Waals surface area contributed by atoms with E-state index in [0.29, 0.717) is 6.42 Å². The van der Waals surface area contributed by atoms with Crippen LogP contribution in [0.2, 0.25) is 0 Å². The maximum absolute atomic E-state index is 8.75. The molecule has 2 rings (SSSR count). The Morgan fingerprint density at radius 1 is 1.50 bits per heavy atom. The molecule has 1 nitrogen and oxygen atoms in total. The third-order valence-corrected chi connectivity index (χ3v) is 3.75. The van der Waals surface area contributed by atoms with Crippen LogP contribution in [0.5, 0.6) is 0 Å². The number of nitrogens with zero attached hydrogens (tertiary/aromatic N) is 1. The average molecular weight is 219 g/mol. The first-order valence-corrected chi connectivity index (χ1v) is 5.62. The lowest BCUT2D eigenvalue weighted by Crippen LogP contribution is -1.86. The molecular formula is C11H9NS2. The van der Waals surface area contributed by atoms with Crippen molar-refractivity contribution in [2.75, 3.05) is 0 Å². The normalized spacial score (nSPS) is 10.4. The van der Waals surface area contributed by atoms with Gasteiger partial charge >= 0.3 is 0 Å². The highest BCUT2D eigenvalue weighted by Gasteiger charge is 2.08. The van der Waals surface area contributed by atoms with Crippen LogP contribution in [0, 0.1) is 18.3 Å². The van der Waals surface area contributed by atoms with Gasteiger partial charge in [0.25, 0.3) is 0 Å². The summed E-state index contributed by atoms with van der Waals surface area (Å²) in [6.45, 7) is 2.08. The molecule has 0 saturated carbocycles. The summed E-state index contributed by atoms with van der Waals surface area (Å²) in [7, 11) is 0. The van der Waals surface area contributed by atoms with Gasteiger partial charge in [-0.05, 0) is 35.6 Å². The molecule has 70 valence electrons. The minimum absolute atomic E-state index is 0.438. The quantitative estimate of drug-likeness (QED) is 0.728. The van der Waals surface area contributed by atoms with Crippen molar-refractivity contribution < 1.29 is 0 Å². The number of rotatable bonds is 1. The van der Waals surface area contributed by atoms with Crippen molar-refractivity contribution in [1.29, 1.82) is 5.26 Å². The second kappa shape index (κ2) is 3.64. The van der Waals surface area contributed by atoms with Gasteiger partial charge in [-0.1, -0.05) is 0 Å². The van der Waals surface area contributed by atoms with Crippen LogP contribution in [0.4, 0.5) is 0 Å². The van der Waals surface area contributed by atoms with E-state index in [1.807, 2.05) is 6.07 Å². The fraction of sp³-hybridized carbons (Fsp3) is 0.182. The second-order valence-electron chi connectivity index (χ2n) is 3.19. The lowest BCUT2D eigenvalue weighted by atomic mass is 10.1. The van der Waals surface area contributed by atoms with Gasteiger partial charge in [0.15, 0.2) is 0 Å². The van der Waals surface area contributed by atoms with E-state index in [9.17, 15) is 0 Å². The lowest BCUT2D eigenvalue weighted by molar-refractivity contribution is 1.21. The zero-order chi connectivity index (χ0) is 10.1. The van der Waals surface area contributed by atoms with Crippen molar-refractivity contribution >= 4 is 34.1 Å². The van der Waals surface area contributed by atoms with Gasteiger partial charge in [0.2, 0.25) is 0 Å². The van der Waals surface area contributed by atoms with E-state index in [-0.39, 0.29) is 0 Å². The summed E-state index contributed by atoms with van der Waals surface area (Å²) in [6.07, 6.45) is 0.438. The smallest absolute Gasteiger partial charge is 0.0670 e. The zero-order valence-electron chi connectivity index (χ0n) is 7.74. The fourth-order valence-electron chi connectivity index (χ4n) is 1.61. The number of nitriles is 1. The molecule has 0 bridgehead atoms. The van der Waals surface area contributed by atoms with Gasteiger partial charge in [0.1, 0.15) is 0 Å². The predicted molar refractivity (Wildman–Crippen MR) is 63.1 cm³/mol. The van der Waals surface area contributed by atoms with Crippen molar-refractivity contribution in [1.82, 2.24) is 0 Å². The Morgan fingerprint density at radius 2 is 2.29 bits per heavy atom. The molecule has 0 fully saturated rings. The number of aryl methyl sites for hydroxylation is 1. The standard InChI is InChI=1S/C11H9NS2/c1-7-6-14-10-3-2-9(13)8(4-5-12)11(7)10/h2-3,6,13H,4H2,1H3. The Bertz CT molecular complexity index is 520. The van der Waals surface area contributed by atoms with Crippen LogP contribution >= 0.6 is 24.0 Å². The summed E-state index contributed by atoms with van der Waals surface area (Å²) < 4.78 is 1.24. The van der Waals surface area contributed by atoms with Crippen molar-refractivity contribution in [3.63, 3.8) is 0 Å². The van der Waals surface area contributed by atoms with E-state index in [2.05, 4.69) is 37.1 Å². The van der Waals surface area contributed by atoms with E-state index >= 15 is 0 Å². The van der Waals surface area contributed by atoms with Crippen molar-refractivity contribution in [2.24, 2.45) is 0 Å². The molecule has 0 atom stereocenters. The number of thiophene rings is 1. The molecule has 0 aliphatic rings. The first-order valence-electron chi connectivity index (χ1n) is 4.29. The topological polar surface area (TPSA) is 23.8 Å². The largest absolute Gasteiger partial charge is 0.198 e. The van der Waals surface area contributed by atoms with Crippen molar-refractivity contribution in [2.45, 2.75) is 18.2 Å². The number of fused-ring (bicyclic) bond motifs is 1. The van der Waals surface area contributed by atoms with E-state index in [0.717, 1.165) is 10.5 Å². The summed E-state index contributed by atoms with van der Waals surface area (Å²) in [4.78, 5) is 0.917. The average Bonchev–Trinajstić information content (AvgIpc) is 2.53. The monoisotopic (exact) mass is 219 g/mol. The molecule has 0 N–H and O–H groups in total. The first-order chi connectivity index (χ1) is 6.74. The SMILES string of the molecule is Cc1csc2ccc(S)c(CC#N)c12. The van der Waals surface area contributed by atoms with Gasteiger partial charge in [-0.3, -0.25) is 0 Å². The summed E-state index contributed by atoms with van der Waals surface area (Å²) in [5.74, 6) is 0. The van der Waals surface area contributed by atoms with Crippen LogP contribution in [-0.2, 0) is 6.42 Å². The van der Waals surface area contributed by atoms with Crippen LogP contribution in [0.25, 0.3) is 10.1 Å². The molecule has 1 aromatic heterocycles. The Kier molecular flexibility index (Phi) is 2.49. The molecule has 3 heteroatoms. The van der Waals surface area contributed by atoms with Crippen LogP contribution in [0.15, 0.2) is 22.4 Å². The molecule has 0 aliphatic heterocycles. The molecule has 0 amide bonds. The summed E-state index contributed by atoms with van der Waals surface area (Å²) in [5.41, 5.74) is 2.30. The zero-order valence-corrected chi connectivity index (χ0v) is 9.45. The van der Waals surface area contributed by atoms with E-state index in [1.54, 1.807) is 11.3 Å². The summed E-state index contributed by atoms with van der Waals surface area (Å²) in [5, 5.41) is 12.1. The molecule has 2 aromatic rings. The van der Waals surface area contributed by atoms with E-state index < -0.39 is 0 Å². The molecule has 0 radical (unpaired) electrons. The first kappa shape index (κ1) is 9.57. The molecule has 0 spiro atoms. The maximum atomic E-state index is 8.75. The molecule has 0 saturated heterocycles. The minimum atomic E-state index is 0.438. The molecule has 0 unspecified atom stereocenters. The molecule has 1 heterocycles. The highest BCUT2D eigenvalue weighted by Crippen LogP contribution is 2.32. The summed E-state index contributed by atoms with van der Waals surface area (Å²) >= 11 is 6.10. The highest BCUT2D eigenvalue weighted by atomic mass is 32.1. The molecule has 1 aromatic carbocycles. The lowest BCUT2D eigenvalue weighted by Gasteiger charge is -2.03. The van der Waals surface area contributed by atoms with Gasteiger partial charge in [0, 0.05) is 15.0 Å². The van der Waals surface area contributed by atoms with Gasteiger partial charge in [-0.15, -0.1) is 24.0 Å². The number of hydrogen-bond acceptors (Lipinski definition) is 3. The number of benzene rings is 1. The van der Waals surface area contributed by atoms with Crippen LogP contribution in [0.1, 0.15) is 11.1 Å². The van der Waals surface area contributed by atoms with Crippen LogP contribution < -0.4 is 0 Å². The van der Waals surface area contributed by atoms with Crippen LogP contribution in [0.3, 0.4) is 0 Å². The summed E-state index contributed by atoms with van der Waals surface area (Å²) in [6, 6.07) is 6.22. The molecule has 14 heavy (non-hydrogen) atoms. The fourth-order valence-corrected chi connectivity index (χ4v) is 2.85. The van der Waals surface area contributed by atoms with Crippen LogP contribution in [-0.4, -0.2) is 0 Å². The van der Waals surface area contributed by atoms with Crippen molar-refractivity contribution in [3.8, 4) is 6.07 Å². The van der Waals surface area contributed by atoms with Gasteiger partial charge in [0.05, 0.1) is 12.5 Å². The Hall–Kier alpha value is -0.980. The van der Waals surface area contributed by atoms with Gasteiger partial charge < -0.3 is 0 Å². The Labute approximate surface area is 92.4 Å². The van der Waals surface area contributed by atoms with E-state index in [4.69, 9.17) is 5.26 Å².